The van der Waals surface area contributed by atoms with Gasteiger partial charge in [0.1, 0.15) is 0 Å². The summed E-state index contributed by atoms with van der Waals surface area (Å²) < 4.78 is 31.6. The van der Waals surface area contributed by atoms with Crippen LogP contribution in [0.25, 0.3) is 0 Å². The van der Waals surface area contributed by atoms with E-state index in [2.05, 4.69) is 19.9 Å². The summed E-state index contributed by atoms with van der Waals surface area (Å²) >= 11 is 0. The zero-order valence-corrected chi connectivity index (χ0v) is 11.6. The van der Waals surface area contributed by atoms with Crippen molar-refractivity contribution >= 4 is 16.0 Å². The van der Waals surface area contributed by atoms with Crippen LogP contribution in [0.5, 0.6) is 6.01 Å². The lowest BCUT2D eigenvalue weighted by Crippen LogP contribution is -2.15. The summed E-state index contributed by atoms with van der Waals surface area (Å²) in [4.78, 5) is 4.02. The molecular formula is C11H14N4O3S. The Balaban J connectivity index is 2.34. The highest BCUT2D eigenvalue weighted by Gasteiger charge is 2.19. The van der Waals surface area contributed by atoms with Crippen molar-refractivity contribution in [3.63, 3.8) is 0 Å². The van der Waals surface area contributed by atoms with Crippen molar-refractivity contribution < 1.29 is 13.2 Å². The molecule has 0 aliphatic heterocycles. The standard InChI is InChI=1S/C11H14N4O3S/c1-7-4-5-8(2)9(6-7)19(16,17)15-10-12-11(18-3)14-13-10/h4-6H,1-3H3,(H2,12,13,14,15). The van der Waals surface area contributed by atoms with Crippen molar-refractivity contribution in [2.75, 3.05) is 11.8 Å². The van der Waals surface area contributed by atoms with Crippen LogP contribution in [0.15, 0.2) is 23.1 Å². The lowest BCUT2D eigenvalue weighted by Gasteiger charge is -2.08. The molecule has 0 unspecified atom stereocenters. The number of sulfonamides is 1. The molecule has 0 fully saturated rings. The van der Waals surface area contributed by atoms with Gasteiger partial charge < -0.3 is 4.74 Å². The Morgan fingerprint density at radius 1 is 1.32 bits per heavy atom. The van der Waals surface area contributed by atoms with E-state index in [1.807, 2.05) is 13.0 Å². The molecule has 0 amide bonds. The Morgan fingerprint density at radius 2 is 2.05 bits per heavy atom. The minimum atomic E-state index is -3.70. The number of ether oxygens (including phenoxy) is 1. The van der Waals surface area contributed by atoms with Crippen LogP contribution in [0.3, 0.4) is 0 Å². The summed E-state index contributed by atoms with van der Waals surface area (Å²) in [6.07, 6.45) is 0. The number of anilines is 1. The Bertz CT molecular complexity index is 694. The number of benzene rings is 1. The van der Waals surface area contributed by atoms with Gasteiger partial charge in [-0.15, -0.1) is 5.10 Å². The van der Waals surface area contributed by atoms with Crippen molar-refractivity contribution in [1.29, 1.82) is 0 Å². The molecule has 0 atom stereocenters. The summed E-state index contributed by atoms with van der Waals surface area (Å²) in [7, 11) is -2.31. The number of H-pyrrole nitrogens is 1. The molecular weight excluding hydrogens is 268 g/mol. The maximum atomic E-state index is 12.2. The van der Waals surface area contributed by atoms with Gasteiger partial charge in [0.2, 0.25) is 5.95 Å². The van der Waals surface area contributed by atoms with Gasteiger partial charge in [-0.1, -0.05) is 12.1 Å². The van der Waals surface area contributed by atoms with Crippen LogP contribution in [-0.4, -0.2) is 30.7 Å². The predicted molar refractivity (Wildman–Crippen MR) is 69.7 cm³/mol. The van der Waals surface area contributed by atoms with Gasteiger partial charge in [-0.3, -0.25) is 0 Å². The third kappa shape index (κ3) is 2.84. The van der Waals surface area contributed by atoms with E-state index < -0.39 is 10.0 Å². The Morgan fingerprint density at radius 3 is 2.68 bits per heavy atom. The Labute approximate surface area is 111 Å². The third-order valence-electron chi connectivity index (χ3n) is 2.51. The van der Waals surface area contributed by atoms with Crippen molar-refractivity contribution in [2.24, 2.45) is 0 Å². The molecule has 7 nitrogen and oxygen atoms in total. The number of nitrogens with one attached hydrogen (secondary N) is 2. The highest BCUT2D eigenvalue weighted by Crippen LogP contribution is 2.19. The fourth-order valence-electron chi connectivity index (χ4n) is 1.56. The number of hydrogen-bond acceptors (Lipinski definition) is 5. The first-order chi connectivity index (χ1) is 8.92. The molecule has 0 aliphatic rings. The van der Waals surface area contributed by atoms with Crippen molar-refractivity contribution in [1.82, 2.24) is 15.2 Å². The Hall–Kier alpha value is -2.09. The molecule has 19 heavy (non-hydrogen) atoms. The normalized spacial score (nSPS) is 11.3. The van der Waals surface area contributed by atoms with Gasteiger partial charge in [-0.05, 0) is 31.0 Å². The molecule has 2 rings (SSSR count). The molecule has 0 saturated heterocycles. The molecule has 0 saturated carbocycles. The van der Waals surface area contributed by atoms with Gasteiger partial charge in [0.05, 0.1) is 12.0 Å². The van der Waals surface area contributed by atoms with Crippen LogP contribution >= 0.6 is 0 Å². The monoisotopic (exact) mass is 282 g/mol. The number of aromatic amines is 1. The van der Waals surface area contributed by atoms with Crippen molar-refractivity contribution in [3.05, 3.63) is 29.3 Å². The summed E-state index contributed by atoms with van der Waals surface area (Å²) in [6.45, 7) is 3.56. The lowest BCUT2D eigenvalue weighted by molar-refractivity contribution is 0.382. The summed E-state index contributed by atoms with van der Waals surface area (Å²) in [5.41, 5.74) is 1.52. The van der Waals surface area contributed by atoms with E-state index in [1.54, 1.807) is 19.1 Å². The summed E-state index contributed by atoms with van der Waals surface area (Å²) in [5, 5.41) is 6.11. The molecule has 8 heteroatoms. The van der Waals surface area contributed by atoms with Crippen LogP contribution in [0.2, 0.25) is 0 Å². The van der Waals surface area contributed by atoms with Crippen LogP contribution in [-0.2, 0) is 10.0 Å². The zero-order chi connectivity index (χ0) is 14.0. The van der Waals surface area contributed by atoms with Crippen molar-refractivity contribution in [2.45, 2.75) is 18.7 Å². The summed E-state index contributed by atoms with van der Waals surface area (Å²) in [6, 6.07) is 5.28. The molecule has 1 aromatic carbocycles. The minimum Gasteiger partial charge on any atom is -0.466 e. The molecule has 0 bridgehead atoms. The first kappa shape index (κ1) is 13.3. The molecule has 1 heterocycles. The van der Waals surface area contributed by atoms with Crippen LogP contribution in [0.4, 0.5) is 5.95 Å². The molecule has 2 N–H and O–H groups in total. The minimum absolute atomic E-state index is 0.0118. The number of aromatic nitrogens is 3. The second-order valence-electron chi connectivity index (χ2n) is 4.05. The zero-order valence-electron chi connectivity index (χ0n) is 10.8. The molecule has 2 aromatic rings. The smallest absolute Gasteiger partial charge is 0.336 e. The molecule has 0 aliphatic carbocycles. The molecule has 0 spiro atoms. The first-order valence-corrected chi connectivity index (χ1v) is 6.97. The molecule has 0 radical (unpaired) electrons. The topological polar surface area (TPSA) is 97.0 Å². The van der Waals surface area contributed by atoms with Gasteiger partial charge in [0.25, 0.3) is 10.0 Å². The second-order valence-corrected chi connectivity index (χ2v) is 5.70. The van der Waals surface area contributed by atoms with Gasteiger partial charge in [0.15, 0.2) is 0 Å². The summed E-state index contributed by atoms with van der Waals surface area (Å²) in [5.74, 6) is 0.0118. The van der Waals surface area contributed by atoms with E-state index in [1.165, 1.54) is 7.11 Å². The second kappa shape index (κ2) is 4.88. The van der Waals surface area contributed by atoms with Gasteiger partial charge in [-0.25, -0.2) is 18.2 Å². The van der Waals surface area contributed by atoms with E-state index in [9.17, 15) is 8.42 Å². The average Bonchev–Trinajstić information content (AvgIpc) is 2.79. The van der Waals surface area contributed by atoms with E-state index >= 15 is 0 Å². The van der Waals surface area contributed by atoms with E-state index in [0.717, 1.165) is 5.56 Å². The van der Waals surface area contributed by atoms with Gasteiger partial charge >= 0.3 is 6.01 Å². The third-order valence-corrected chi connectivity index (χ3v) is 3.99. The Kier molecular flexibility index (Phi) is 3.43. The largest absolute Gasteiger partial charge is 0.466 e. The highest BCUT2D eigenvalue weighted by molar-refractivity contribution is 7.92. The number of aryl methyl sites for hydroxylation is 2. The quantitative estimate of drug-likeness (QED) is 0.879. The number of methoxy groups -OCH3 is 1. The lowest BCUT2D eigenvalue weighted by atomic mass is 10.2. The number of rotatable bonds is 4. The maximum Gasteiger partial charge on any atom is 0.336 e. The number of hydrogen-bond donors (Lipinski definition) is 2. The van der Waals surface area contributed by atoms with Crippen molar-refractivity contribution in [3.8, 4) is 6.01 Å². The fraction of sp³-hybridized carbons (Fsp3) is 0.273. The van der Waals surface area contributed by atoms with Gasteiger partial charge in [0, 0.05) is 0 Å². The van der Waals surface area contributed by atoms with Crippen LogP contribution < -0.4 is 9.46 Å². The SMILES string of the molecule is COc1n[nH]c(NS(=O)(=O)c2cc(C)ccc2C)n1. The molecule has 1 aromatic heterocycles. The van der Waals surface area contributed by atoms with Crippen LogP contribution in [0, 0.1) is 13.8 Å². The van der Waals surface area contributed by atoms with Gasteiger partial charge in [-0.2, -0.15) is 4.98 Å². The fourth-order valence-corrected chi connectivity index (χ4v) is 2.85. The van der Waals surface area contributed by atoms with E-state index in [-0.39, 0.29) is 16.9 Å². The van der Waals surface area contributed by atoms with E-state index in [0.29, 0.717) is 5.56 Å². The maximum absolute atomic E-state index is 12.2. The molecule has 102 valence electrons. The average molecular weight is 282 g/mol. The number of nitrogens with zero attached hydrogens (tertiary/aromatic N) is 2. The van der Waals surface area contributed by atoms with E-state index in [4.69, 9.17) is 4.74 Å². The highest BCUT2D eigenvalue weighted by atomic mass is 32.2. The predicted octanol–water partition coefficient (Wildman–Crippen LogP) is 1.23. The first-order valence-electron chi connectivity index (χ1n) is 5.49. The van der Waals surface area contributed by atoms with Crippen LogP contribution in [0.1, 0.15) is 11.1 Å².